The number of carbonyl (C=O) groups is 1. The van der Waals surface area contributed by atoms with Crippen LogP contribution in [0.2, 0.25) is 0 Å². The molecule has 0 aromatic heterocycles. The molecule has 2 atom stereocenters. The summed E-state index contributed by atoms with van der Waals surface area (Å²) in [5.41, 5.74) is 6.29. The first-order valence-corrected chi connectivity index (χ1v) is 8.27. The maximum absolute atomic E-state index is 12.3. The zero-order valence-electron chi connectivity index (χ0n) is 11.9. The van der Waals surface area contributed by atoms with Gasteiger partial charge in [-0.05, 0) is 56.3 Å². The quantitative estimate of drug-likeness (QED) is 0.822. The lowest BCUT2D eigenvalue weighted by Crippen LogP contribution is -2.49. The van der Waals surface area contributed by atoms with E-state index < -0.39 is 0 Å². The van der Waals surface area contributed by atoms with Crippen molar-refractivity contribution in [3.63, 3.8) is 0 Å². The molecule has 0 heterocycles. The molecule has 0 radical (unpaired) electrons. The lowest BCUT2D eigenvalue weighted by atomic mass is 9.65. The van der Waals surface area contributed by atoms with Gasteiger partial charge in [0.05, 0.1) is 0 Å². The van der Waals surface area contributed by atoms with Crippen LogP contribution in [0.25, 0.3) is 0 Å². The van der Waals surface area contributed by atoms with Gasteiger partial charge in [-0.1, -0.05) is 19.3 Å². The average Bonchev–Trinajstić information content (AvgIpc) is 2.88. The standard InChI is InChI=1S/C16H28N2O/c17-15-12-6-3-7-13(15)9-14(8-12)16(19)18-10-11-4-1-2-5-11/h11-15H,1-10,17H2,(H,18,19). The Morgan fingerprint density at radius 2 is 1.63 bits per heavy atom. The van der Waals surface area contributed by atoms with Crippen molar-refractivity contribution in [1.82, 2.24) is 5.32 Å². The van der Waals surface area contributed by atoms with Gasteiger partial charge in [0, 0.05) is 18.5 Å². The lowest BCUT2D eigenvalue weighted by Gasteiger charge is -2.43. The van der Waals surface area contributed by atoms with Crippen LogP contribution in [-0.4, -0.2) is 18.5 Å². The minimum Gasteiger partial charge on any atom is -0.356 e. The highest BCUT2D eigenvalue weighted by atomic mass is 16.1. The fourth-order valence-electron chi connectivity index (χ4n) is 4.61. The number of fused-ring (bicyclic) bond motifs is 2. The van der Waals surface area contributed by atoms with E-state index in [1.165, 1.54) is 44.9 Å². The number of nitrogens with one attached hydrogen (secondary N) is 1. The van der Waals surface area contributed by atoms with Gasteiger partial charge in [-0.15, -0.1) is 0 Å². The summed E-state index contributed by atoms with van der Waals surface area (Å²) in [5.74, 6) is 2.52. The van der Waals surface area contributed by atoms with Crippen LogP contribution in [0.4, 0.5) is 0 Å². The van der Waals surface area contributed by atoms with E-state index in [0.717, 1.165) is 25.3 Å². The van der Waals surface area contributed by atoms with E-state index in [0.29, 0.717) is 23.8 Å². The molecule has 2 unspecified atom stereocenters. The molecule has 2 bridgehead atoms. The van der Waals surface area contributed by atoms with Crippen molar-refractivity contribution in [2.75, 3.05) is 6.54 Å². The van der Waals surface area contributed by atoms with Crippen LogP contribution < -0.4 is 11.1 Å². The van der Waals surface area contributed by atoms with Gasteiger partial charge in [-0.3, -0.25) is 4.79 Å². The van der Waals surface area contributed by atoms with E-state index in [1.807, 2.05) is 0 Å². The summed E-state index contributed by atoms with van der Waals surface area (Å²) in [5, 5.41) is 3.22. The van der Waals surface area contributed by atoms with Crippen LogP contribution in [0.5, 0.6) is 0 Å². The predicted octanol–water partition coefficient (Wildman–Crippen LogP) is 2.45. The van der Waals surface area contributed by atoms with E-state index in [9.17, 15) is 4.79 Å². The van der Waals surface area contributed by atoms with Gasteiger partial charge in [0.2, 0.25) is 5.91 Å². The van der Waals surface area contributed by atoms with Crippen molar-refractivity contribution in [3.8, 4) is 0 Å². The Morgan fingerprint density at radius 1 is 1.00 bits per heavy atom. The normalized spacial score (nSPS) is 39.2. The largest absolute Gasteiger partial charge is 0.356 e. The van der Waals surface area contributed by atoms with Crippen molar-refractivity contribution in [3.05, 3.63) is 0 Å². The molecule has 0 aromatic rings. The zero-order valence-corrected chi connectivity index (χ0v) is 11.9. The first-order chi connectivity index (χ1) is 9.24. The maximum atomic E-state index is 12.3. The van der Waals surface area contributed by atoms with E-state index in [4.69, 9.17) is 5.73 Å². The number of hydrogen-bond acceptors (Lipinski definition) is 2. The monoisotopic (exact) mass is 264 g/mol. The lowest BCUT2D eigenvalue weighted by molar-refractivity contribution is -0.128. The Bertz CT molecular complexity index is 311. The van der Waals surface area contributed by atoms with Crippen molar-refractivity contribution in [2.45, 2.75) is 63.8 Å². The summed E-state index contributed by atoms with van der Waals surface area (Å²) in [6, 6.07) is 0.368. The fourth-order valence-corrected chi connectivity index (χ4v) is 4.61. The predicted molar refractivity (Wildman–Crippen MR) is 76.5 cm³/mol. The van der Waals surface area contributed by atoms with Gasteiger partial charge in [-0.25, -0.2) is 0 Å². The number of carbonyl (C=O) groups excluding carboxylic acids is 1. The van der Waals surface area contributed by atoms with Crippen molar-refractivity contribution in [2.24, 2.45) is 29.4 Å². The molecule has 3 aliphatic carbocycles. The molecule has 0 aliphatic heterocycles. The summed E-state index contributed by atoms with van der Waals surface area (Å²) in [4.78, 5) is 12.3. The topological polar surface area (TPSA) is 55.1 Å². The SMILES string of the molecule is NC1C2CCCC1CC(C(=O)NCC1CCCC1)C2. The number of amides is 1. The average molecular weight is 264 g/mol. The maximum Gasteiger partial charge on any atom is 0.223 e. The van der Waals surface area contributed by atoms with Crippen molar-refractivity contribution < 1.29 is 4.79 Å². The molecule has 3 fully saturated rings. The molecule has 108 valence electrons. The molecule has 0 saturated heterocycles. The van der Waals surface area contributed by atoms with Gasteiger partial charge >= 0.3 is 0 Å². The smallest absolute Gasteiger partial charge is 0.223 e. The first-order valence-electron chi connectivity index (χ1n) is 8.27. The highest BCUT2D eigenvalue weighted by Crippen LogP contribution is 2.41. The molecule has 3 heteroatoms. The summed E-state index contributed by atoms with van der Waals surface area (Å²) >= 11 is 0. The Labute approximate surface area is 116 Å². The third-order valence-electron chi connectivity index (χ3n) is 5.82. The van der Waals surface area contributed by atoms with Crippen LogP contribution in [0.15, 0.2) is 0 Å². The first kappa shape index (κ1) is 13.4. The van der Waals surface area contributed by atoms with Gasteiger partial charge in [0.15, 0.2) is 0 Å². The minimum absolute atomic E-state index is 0.247. The van der Waals surface area contributed by atoms with E-state index >= 15 is 0 Å². The van der Waals surface area contributed by atoms with E-state index in [-0.39, 0.29) is 5.92 Å². The van der Waals surface area contributed by atoms with Gasteiger partial charge in [-0.2, -0.15) is 0 Å². The summed E-state index contributed by atoms with van der Waals surface area (Å²) < 4.78 is 0. The molecule has 1 amide bonds. The van der Waals surface area contributed by atoms with Gasteiger partial charge in [0.25, 0.3) is 0 Å². The molecule has 3 rings (SSSR count). The highest BCUT2D eigenvalue weighted by Gasteiger charge is 2.40. The van der Waals surface area contributed by atoms with Crippen LogP contribution in [0, 0.1) is 23.7 Å². The second-order valence-electron chi connectivity index (χ2n) is 7.09. The molecule has 3 nitrogen and oxygen atoms in total. The second kappa shape index (κ2) is 5.82. The van der Waals surface area contributed by atoms with E-state index in [1.54, 1.807) is 0 Å². The third-order valence-corrected chi connectivity index (χ3v) is 5.82. The van der Waals surface area contributed by atoms with Crippen LogP contribution in [0.1, 0.15) is 57.8 Å². The Kier molecular flexibility index (Phi) is 4.11. The van der Waals surface area contributed by atoms with Crippen molar-refractivity contribution >= 4 is 5.91 Å². The summed E-state index contributed by atoms with van der Waals surface area (Å²) in [6.07, 6.45) is 11.2. The Balaban J connectivity index is 1.50. The molecule has 3 aliphatic rings. The molecular formula is C16H28N2O. The third kappa shape index (κ3) is 2.96. The number of nitrogens with two attached hydrogens (primary N) is 1. The summed E-state index contributed by atoms with van der Waals surface area (Å²) in [6.45, 7) is 0.913. The Hall–Kier alpha value is -0.570. The van der Waals surface area contributed by atoms with E-state index in [2.05, 4.69) is 5.32 Å². The van der Waals surface area contributed by atoms with Gasteiger partial charge < -0.3 is 11.1 Å². The molecule has 19 heavy (non-hydrogen) atoms. The second-order valence-corrected chi connectivity index (χ2v) is 7.09. The number of hydrogen-bond donors (Lipinski definition) is 2. The minimum atomic E-state index is 0.247. The van der Waals surface area contributed by atoms with Crippen LogP contribution in [0.3, 0.4) is 0 Å². The molecular weight excluding hydrogens is 236 g/mol. The highest BCUT2D eigenvalue weighted by molar-refractivity contribution is 5.78. The van der Waals surface area contributed by atoms with Crippen LogP contribution in [-0.2, 0) is 4.79 Å². The van der Waals surface area contributed by atoms with Gasteiger partial charge in [0.1, 0.15) is 0 Å². The molecule has 3 saturated carbocycles. The fraction of sp³-hybridized carbons (Fsp3) is 0.938. The molecule has 0 aromatic carbocycles. The molecule has 0 spiro atoms. The Morgan fingerprint density at radius 3 is 2.26 bits per heavy atom. The summed E-state index contributed by atoms with van der Waals surface area (Å²) in [7, 11) is 0. The zero-order chi connectivity index (χ0) is 13.2. The molecule has 3 N–H and O–H groups in total. The number of rotatable bonds is 3. The van der Waals surface area contributed by atoms with Crippen molar-refractivity contribution in [1.29, 1.82) is 0 Å². The van der Waals surface area contributed by atoms with Crippen LogP contribution >= 0.6 is 0 Å².